The van der Waals surface area contributed by atoms with Crippen molar-refractivity contribution in [2.75, 3.05) is 0 Å². The molecule has 1 aromatic carbocycles. The second-order valence-electron chi connectivity index (χ2n) is 3.79. The van der Waals surface area contributed by atoms with Crippen LogP contribution in [0.3, 0.4) is 0 Å². The average molecular weight is 213 g/mol. The van der Waals surface area contributed by atoms with Crippen LogP contribution >= 0.6 is 0 Å². The van der Waals surface area contributed by atoms with Crippen LogP contribution in [-0.4, -0.2) is 5.11 Å². The second kappa shape index (κ2) is 4.81. The number of nitrogens with two attached hydrogens (primary N) is 1. The zero-order valence-corrected chi connectivity index (χ0v) is 8.95. The summed E-state index contributed by atoms with van der Waals surface area (Å²) in [5.74, 6) is -0.0580. The fraction of sp³-hybridized carbons (Fsp3) is 0.143. The van der Waals surface area contributed by atoms with Gasteiger partial charge in [0.15, 0.2) is 0 Å². The molecule has 1 aliphatic rings. The number of rotatable bonds is 2. The van der Waals surface area contributed by atoms with E-state index in [4.69, 9.17) is 5.73 Å². The molecule has 0 aromatic heterocycles. The highest BCUT2D eigenvalue weighted by atomic mass is 16.3. The van der Waals surface area contributed by atoms with E-state index in [9.17, 15) is 5.11 Å². The number of benzene rings is 1. The van der Waals surface area contributed by atoms with Gasteiger partial charge in [-0.3, -0.25) is 0 Å². The summed E-state index contributed by atoms with van der Waals surface area (Å²) in [6, 6.07) is 9.63. The van der Waals surface area contributed by atoms with E-state index in [1.807, 2.05) is 54.6 Å². The first-order valence-electron chi connectivity index (χ1n) is 5.32. The fourth-order valence-corrected chi connectivity index (χ4v) is 1.88. The van der Waals surface area contributed by atoms with Crippen LogP contribution in [0, 0.1) is 5.92 Å². The molecule has 16 heavy (non-hydrogen) atoms. The number of hydrogen-bond donors (Lipinski definition) is 2. The van der Waals surface area contributed by atoms with Crippen LogP contribution in [0.2, 0.25) is 0 Å². The Morgan fingerprint density at radius 1 is 1.19 bits per heavy atom. The summed E-state index contributed by atoms with van der Waals surface area (Å²) in [6.07, 6.45) is 8.76. The minimum absolute atomic E-state index is 0.0580. The third kappa shape index (κ3) is 2.07. The van der Waals surface area contributed by atoms with E-state index >= 15 is 0 Å². The van der Waals surface area contributed by atoms with E-state index in [-0.39, 0.29) is 5.92 Å². The molecule has 0 fully saturated rings. The van der Waals surface area contributed by atoms with Gasteiger partial charge >= 0.3 is 0 Å². The Morgan fingerprint density at radius 2 is 1.94 bits per heavy atom. The van der Waals surface area contributed by atoms with E-state index in [0.717, 1.165) is 11.1 Å². The van der Waals surface area contributed by atoms with Crippen LogP contribution in [0.25, 0.3) is 0 Å². The van der Waals surface area contributed by atoms with Crippen LogP contribution in [0.4, 0.5) is 0 Å². The van der Waals surface area contributed by atoms with Crippen LogP contribution in [0.5, 0.6) is 0 Å². The molecule has 0 saturated heterocycles. The molecule has 0 saturated carbocycles. The minimum atomic E-state index is -0.544. The average Bonchev–Trinajstić information content (AvgIpc) is 2.39. The molecule has 1 aromatic rings. The quantitative estimate of drug-likeness (QED) is 0.791. The topological polar surface area (TPSA) is 46.2 Å². The van der Waals surface area contributed by atoms with Crippen molar-refractivity contribution in [1.82, 2.24) is 0 Å². The molecular formula is C14H15NO. The zero-order chi connectivity index (χ0) is 11.4. The lowest BCUT2D eigenvalue weighted by molar-refractivity contribution is 0.147. The normalized spacial score (nSPS) is 23.6. The van der Waals surface area contributed by atoms with Crippen molar-refractivity contribution in [1.29, 1.82) is 0 Å². The lowest BCUT2D eigenvalue weighted by atomic mass is 9.86. The predicted molar refractivity (Wildman–Crippen MR) is 65.4 cm³/mol. The Morgan fingerprint density at radius 3 is 2.62 bits per heavy atom. The molecule has 3 N–H and O–H groups in total. The highest BCUT2D eigenvalue weighted by molar-refractivity contribution is 5.36. The molecule has 2 unspecified atom stereocenters. The first kappa shape index (κ1) is 10.7. The molecule has 0 aliphatic heterocycles. The first-order valence-corrected chi connectivity index (χ1v) is 5.32. The molecule has 0 radical (unpaired) electrons. The van der Waals surface area contributed by atoms with Gasteiger partial charge in [-0.2, -0.15) is 0 Å². The molecule has 2 heteroatoms. The van der Waals surface area contributed by atoms with Gasteiger partial charge in [-0.15, -0.1) is 0 Å². The Kier molecular flexibility index (Phi) is 3.22. The van der Waals surface area contributed by atoms with E-state index < -0.39 is 6.10 Å². The van der Waals surface area contributed by atoms with Crippen LogP contribution in [-0.2, 0) is 0 Å². The van der Waals surface area contributed by atoms with Gasteiger partial charge in [0, 0.05) is 5.92 Å². The molecular weight excluding hydrogens is 198 g/mol. The van der Waals surface area contributed by atoms with Gasteiger partial charge in [-0.1, -0.05) is 54.6 Å². The molecule has 0 bridgehead atoms. The van der Waals surface area contributed by atoms with Crippen molar-refractivity contribution in [2.24, 2.45) is 11.7 Å². The maximum Gasteiger partial charge on any atom is 0.0893 e. The van der Waals surface area contributed by atoms with Crippen molar-refractivity contribution in [3.05, 3.63) is 72.0 Å². The van der Waals surface area contributed by atoms with E-state index in [0.29, 0.717) is 0 Å². The van der Waals surface area contributed by atoms with E-state index in [2.05, 4.69) is 0 Å². The Labute approximate surface area is 95.4 Å². The fourth-order valence-electron chi connectivity index (χ4n) is 1.88. The van der Waals surface area contributed by atoms with E-state index in [1.54, 1.807) is 6.20 Å². The minimum Gasteiger partial charge on any atom is -0.404 e. The number of aliphatic hydroxyl groups is 1. The molecule has 2 nitrogen and oxygen atoms in total. The van der Waals surface area contributed by atoms with Crippen molar-refractivity contribution in [3.63, 3.8) is 0 Å². The maximum atomic E-state index is 10.3. The highest BCUT2D eigenvalue weighted by Gasteiger charge is 2.21. The summed E-state index contributed by atoms with van der Waals surface area (Å²) in [6.45, 7) is 0. The molecule has 2 atom stereocenters. The summed E-state index contributed by atoms with van der Waals surface area (Å²) < 4.78 is 0. The van der Waals surface area contributed by atoms with Gasteiger partial charge in [0.05, 0.1) is 6.10 Å². The summed E-state index contributed by atoms with van der Waals surface area (Å²) in [5.41, 5.74) is 7.40. The number of aliphatic hydroxyl groups excluding tert-OH is 1. The summed E-state index contributed by atoms with van der Waals surface area (Å²) in [5, 5.41) is 10.3. The van der Waals surface area contributed by atoms with Crippen molar-refractivity contribution in [2.45, 2.75) is 6.10 Å². The summed E-state index contributed by atoms with van der Waals surface area (Å²) in [4.78, 5) is 0. The maximum absolute atomic E-state index is 10.3. The SMILES string of the molecule is NC=C1C=CC=CC1C(O)c1ccccc1. The lowest BCUT2D eigenvalue weighted by Crippen LogP contribution is -2.14. The molecule has 0 spiro atoms. The van der Waals surface area contributed by atoms with Crippen molar-refractivity contribution >= 4 is 0 Å². The van der Waals surface area contributed by atoms with Gasteiger partial charge in [-0.25, -0.2) is 0 Å². The third-order valence-corrected chi connectivity index (χ3v) is 2.78. The summed E-state index contributed by atoms with van der Waals surface area (Å²) in [7, 11) is 0. The Hall–Kier alpha value is -1.80. The molecule has 0 heterocycles. The van der Waals surface area contributed by atoms with Gasteiger partial charge in [-0.05, 0) is 17.3 Å². The van der Waals surface area contributed by atoms with Crippen LogP contribution in [0.15, 0.2) is 66.4 Å². The first-order chi connectivity index (χ1) is 7.83. The molecule has 0 amide bonds. The second-order valence-corrected chi connectivity index (χ2v) is 3.79. The zero-order valence-electron chi connectivity index (χ0n) is 8.95. The number of allylic oxidation sites excluding steroid dienone is 3. The third-order valence-electron chi connectivity index (χ3n) is 2.78. The van der Waals surface area contributed by atoms with Crippen molar-refractivity contribution < 1.29 is 5.11 Å². The molecule has 1 aliphatic carbocycles. The summed E-state index contributed by atoms with van der Waals surface area (Å²) >= 11 is 0. The van der Waals surface area contributed by atoms with Gasteiger partial charge < -0.3 is 10.8 Å². The van der Waals surface area contributed by atoms with Gasteiger partial charge in [0.2, 0.25) is 0 Å². The highest BCUT2D eigenvalue weighted by Crippen LogP contribution is 2.31. The monoisotopic (exact) mass is 213 g/mol. The Bertz CT molecular complexity index is 431. The van der Waals surface area contributed by atoms with Gasteiger partial charge in [0.1, 0.15) is 0 Å². The molecule has 2 rings (SSSR count). The smallest absolute Gasteiger partial charge is 0.0893 e. The largest absolute Gasteiger partial charge is 0.404 e. The number of hydrogen-bond acceptors (Lipinski definition) is 2. The predicted octanol–water partition coefficient (Wildman–Crippen LogP) is 2.30. The van der Waals surface area contributed by atoms with Crippen molar-refractivity contribution in [3.8, 4) is 0 Å². The standard InChI is InChI=1S/C14H15NO/c15-10-12-8-4-5-9-13(12)14(16)11-6-2-1-3-7-11/h1-10,13-14,16H,15H2. The van der Waals surface area contributed by atoms with Crippen LogP contribution < -0.4 is 5.73 Å². The van der Waals surface area contributed by atoms with E-state index in [1.165, 1.54) is 0 Å². The Balaban J connectivity index is 2.25. The molecule has 82 valence electrons. The lowest BCUT2D eigenvalue weighted by Gasteiger charge is -2.22. The van der Waals surface area contributed by atoms with Crippen LogP contribution in [0.1, 0.15) is 11.7 Å². The van der Waals surface area contributed by atoms with Gasteiger partial charge in [0.25, 0.3) is 0 Å².